The van der Waals surface area contributed by atoms with Crippen LogP contribution < -0.4 is 0 Å². The molecular weight excluding hydrogens is 300 g/mol. The molecule has 3 rings (SSSR count). The fourth-order valence-corrected chi connectivity index (χ4v) is 3.69. The summed E-state index contributed by atoms with van der Waals surface area (Å²) in [5, 5.41) is 8.51. The van der Waals surface area contributed by atoms with E-state index in [0.29, 0.717) is 11.4 Å². The molecule has 0 bridgehead atoms. The van der Waals surface area contributed by atoms with Gasteiger partial charge in [0.2, 0.25) is 0 Å². The van der Waals surface area contributed by atoms with E-state index in [4.69, 9.17) is 0 Å². The summed E-state index contributed by atoms with van der Waals surface area (Å²) in [5.41, 5.74) is 0.796. The van der Waals surface area contributed by atoms with Crippen LogP contribution in [0.3, 0.4) is 0 Å². The minimum Gasteiger partial charge on any atom is -0.336 e. The predicted octanol–water partition coefficient (Wildman–Crippen LogP) is 1.79. The number of piperidine rings is 1. The lowest BCUT2D eigenvalue weighted by Gasteiger charge is -2.32. The molecule has 2 aromatic heterocycles. The van der Waals surface area contributed by atoms with E-state index in [9.17, 15) is 4.79 Å². The molecule has 0 radical (unpaired) electrons. The number of aromatic nitrogens is 5. The molecule has 1 amide bonds. The summed E-state index contributed by atoms with van der Waals surface area (Å²) in [4.78, 5) is 19.7. The first-order valence-electron chi connectivity index (χ1n) is 7.60. The van der Waals surface area contributed by atoms with Gasteiger partial charge in [0.25, 0.3) is 5.91 Å². The molecule has 0 saturated carbocycles. The number of nitrogens with zero attached hydrogens (tertiary/aromatic N) is 6. The Morgan fingerprint density at radius 2 is 2.23 bits per heavy atom. The first kappa shape index (κ1) is 15.1. The van der Waals surface area contributed by atoms with E-state index in [1.807, 2.05) is 30.4 Å². The second kappa shape index (κ2) is 6.12. The van der Waals surface area contributed by atoms with Crippen molar-refractivity contribution in [3.05, 3.63) is 22.2 Å². The van der Waals surface area contributed by atoms with Crippen molar-refractivity contribution in [3.8, 4) is 0 Å². The van der Waals surface area contributed by atoms with Crippen molar-refractivity contribution in [2.75, 3.05) is 13.1 Å². The molecule has 0 spiro atoms. The van der Waals surface area contributed by atoms with Crippen LogP contribution in [0.2, 0.25) is 0 Å². The Bertz CT molecular complexity index is 679. The normalized spacial score (nSPS) is 18.7. The van der Waals surface area contributed by atoms with Gasteiger partial charge in [-0.15, -0.1) is 5.10 Å². The van der Waals surface area contributed by atoms with Gasteiger partial charge in [-0.2, -0.15) is 5.10 Å². The lowest BCUT2D eigenvalue weighted by Crippen LogP contribution is -2.41. The highest BCUT2D eigenvalue weighted by Gasteiger charge is 2.29. The smallest absolute Gasteiger partial charge is 0.267 e. The van der Waals surface area contributed by atoms with Crippen LogP contribution in [0.1, 0.15) is 52.8 Å². The third kappa shape index (κ3) is 2.75. The van der Waals surface area contributed by atoms with Gasteiger partial charge in [-0.05, 0) is 44.6 Å². The molecule has 3 heterocycles. The van der Waals surface area contributed by atoms with Crippen molar-refractivity contribution in [1.82, 2.24) is 29.3 Å². The Labute approximate surface area is 133 Å². The van der Waals surface area contributed by atoms with Gasteiger partial charge in [-0.1, -0.05) is 11.4 Å². The summed E-state index contributed by atoms with van der Waals surface area (Å²) >= 11 is 1.19. The van der Waals surface area contributed by atoms with Crippen molar-refractivity contribution in [1.29, 1.82) is 0 Å². The number of rotatable bonds is 3. The molecule has 0 aromatic carbocycles. The molecule has 1 saturated heterocycles. The molecule has 2 aromatic rings. The maximum absolute atomic E-state index is 12.7. The second-order valence-electron chi connectivity index (χ2n) is 5.60. The van der Waals surface area contributed by atoms with Crippen LogP contribution in [0, 0.1) is 13.8 Å². The van der Waals surface area contributed by atoms with Crippen molar-refractivity contribution < 1.29 is 4.79 Å². The highest BCUT2D eigenvalue weighted by Crippen LogP contribution is 2.24. The Morgan fingerprint density at radius 1 is 1.41 bits per heavy atom. The average molecular weight is 320 g/mol. The highest BCUT2D eigenvalue weighted by molar-refractivity contribution is 7.08. The van der Waals surface area contributed by atoms with Crippen LogP contribution in [-0.2, 0) is 6.42 Å². The summed E-state index contributed by atoms with van der Waals surface area (Å²) in [6.45, 7) is 7.30. The van der Waals surface area contributed by atoms with Crippen LogP contribution >= 0.6 is 11.5 Å². The van der Waals surface area contributed by atoms with Gasteiger partial charge in [0.15, 0.2) is 0 Å². The summed E-state index contributed by atoms with van der Waals surface area (Å²) in [6, 6.07) is 0.199. The summed E-state index contributed by atoms with van der Waals surface area (Å²) in [6.07, 6.45) is 2.73. The van der Waals surface area contributed by atoms with Crippen LogP contribution in [0.4, 0.5) is 0 Å². The quantitative estimate of drug-likeness (QED) is 0.861. The van der Waals surface area contributed by atoms with E-state index in [1.54, 1.807) is 0 Å². The van der Waals surface area contributed by atoms with Crippen molar-refractivity contribution in [2.45, 2.75) is 46.1 Å². The molecule has 7 nitrogen and oxygen atoms in total. The van der Waals surface area contributed by atoms with Crippen LogP contribution in [-0.4, -0.2) is 48.2 Å². The minimum atomic E-state index is 0.0473. The van der Waals surface area contributed by atoms with Crippen LogP contribution in [0.25, 0.3) is 0 Å². The molecular formula is C14H20N6OS. The zero-order valence-electron chi connectivity index (χ0n) is 13.1. The summed E-state index contributed by atoms with van der Waals surface area (Å²) < 4.78 is 5.88. The van der Waals surface area contributed by atoms with Gasteiger partial charge in [-0.3, -0.25) is 4.79 Å². The van der Waals surface area contributed by atoms with E-state index >= 15 is 0 Å². The average Bonchev–Trinajstić information content (AvgIpc) is 3.12. The number of amides is 1. The molecule has 1 aliphatic heterocycles. The van der Waals surface area contributed by atoms with E-state index in [0.717, 1.165) is 43.1 Å². The monoisotopic (exact) mass is 320 g/mol. The fraction of sp³-hybridized carbons (Fsp3) is 0.643. The Morgan fingerprint density at radius 3 is 2.91 bits per heavy atom. The van der Waals surface area contributed by atoms with Gasteiger partial charge < -0.3 is 4.90 Å². The zero-order valence-corrected chi connectivity index (χ0v) is 13.9. The Kier molecular flexibility index (Phi) is 4.19. The fourth-order valence-electron chi connectivity index (χ4n) is 2.97. The highest BCUT2D eigenvalue weighted by atomic mass is 32.1. The Balaban J connectivity index is 1.78. The molecule has 1 atom stereocenters. The third-order valence-electron chi connectivity index (χ3n) is 4.02. The third-order valence-corrected chi connectivity index (χ3v) is 4.78. The topological polar surface area (TPSA) is 76.8 Å². The number of hydrogen-bond acceptors (Lipinski definition) is 6. The molecule has 8 heteroatoms. The molecule has 1 aliphatic rings. The maximum atomic E-state index is 12.7. The van der Waals surface area contributed by atoms with Crippen molar-refractivity contribution in [2.24, 2.45) is 0 Å². The zero-order chi connectivity index (χ0) is 15.7. The standard InChI is InChI=1S/C14H20N6OS/c1-4-12-13(22-18-16-12)14(21)19-7-5-6-11(8-19)20-10(3)15-9(2)17-20/h11H,4-8H2,1-3H3. The second-order valence-corrected chi connectivity index (χ2v) is 6.35. The lowest BCUT2D eigenvalue weighted by atomic mass is 10.1. The SMILES string of the molecule is CCc1nnsc1C(=O)N1CCCC(n2nc(C)nc2C)C1. The largest absolute Gasteiger partial charge is 0.336 e. The predicted molar refractivity (Wildman–Crippen MR) is 83.0 cm³/mol. The van der Waals surface area contributed by atoms with Gasteiger partial charge in [-0.25, -0.2) is 9.67 Å². The molecule has 22 heavy (non-hydrogen) atoms. The van der Waals surface area contributed by atoms with E-state index in [-0.39, 0.29) is 11.9 Å². The molecule has 1 fully saturated rings. The van der Waals surface area contributed by atoms with Gasteiger partial charge >= 0.3 is 0 Å². The van der Waals surface area contributed by atoms with Gasteiger partial charge in [0, 0.05) is 13.1 Å². The molecule has 0 aliphatic carbocycles. The van der Waals surface area contributed by atoms with Crippen LogP contribution in [0.5, 0.6) is 0 Å². The van der Waals surface area contributed by atoms with Crippen molar-refractivity contribution >= 4 is 17.4 Å². The lowest BCUT2D eigenvalue weighted by molar-refractivity contribution is 0.0675. The van der Waals surface area contributed by atoms with Crippen LogP contribution in [0.15, 0.2) is 0 Å². The number of aryl methyl sites for hydroxylation is 3. The first-order chi connectivity index (χ1) is 10.6. The molecule has 118 valence electrons. The first-order valence-corrected chi connectivity index (χ1v) is 8.37. The van der Waals surface area contributed by atoms with Gasteiger partial charge in [0.1, 0.15) is 16.5 Å². The van der Waals surface area contributed by atoms with E-state index < -0.39 is 0 Å². The minimum absolute atomic E-state index is 0.0473. The van der Waals surface area contributed by atoms with E-state index in [1.165, 1.54) is 11.5 Å². The number of carbonyl (C=O) groups excluding carboxylic acids is 1. The number of likely N-dealkylation sites (tertiary alicyclic amines) is 1. The molecule has 0 N–H and O–H groups in total. The van der Waals surface area contributed by atoms with Gasteiger partial charge in [0.05, 0.1) is 11.7 Å². The number of carbonyl (C=O) groups is 1. The number of hydrogen-bond donors (Lipinski definition) is 0. The maximum Gasteiger partial charge on any atom is 0.267 e. The molecule has 1 unspecified atom stereocenters. The Hall–Kier alpha value is -1.83. The summed E-state index contributed by atoms with van der Waals surface area (Å²) in [5.74, 6) is 1.73. The van der Waals surface area contributed by atoms with Crippen molar-refractivity contribution in [3.63, 3.8) is 0 Å². The van der Waals surface area contributed by atoms with E-state index in [2.05, 4.69) is 19.7 Å². The summed E-state index contributed by atoms with van der Waals surface area (Å²) in [7, 11) is 0.